The summed E-state index contributed by atoms with van der Waals surface area (Å²) in [6, 6.07) is 18.3. The SMILES string of the molecule is C#[N+]Cc1ccc2c(Oc3cccc(OS(=O)(=O)CCCCC)c3)cccc2c1. The normalized spacial score (nSPS) is 11.2. The topological polar surface area (TPSA) is 57.0 Å². The lowest BCUT2D eigenvalue weighted by atomic mass is 10.1. The molecule has 0 heterocycles. The third kappa shape index (κ3) is 5.72. The zero-order valence-electron chi connectivity index (χ0n) is 16.4. The summed E-state index contributed by atoms with van der Waals surface area (Å²) in [5, 5.41) is 1.95. The van der Waals surface area contributed by atoms with Gasteiger partial charge < -0.3 is 8.92 Å². The summed E-state index contributed by atoms with van der Waals surface area (Å²) in [6.07, 6.45) is 2.39. The van der Waals surface area contributed by atoms with E-state index in [0.717, 1.165) is 29.2 Å². The van der Waals surface area contributed by atoms with E-state index >= 15 is 0 Å². The molecule has 6 heteroatoms. The fourth-order valence-electron chi connectivity index (χ4n) is 3.03. The van der Waals surface area contributed by atoms with Gasteiger partial charge in [-0.3, -0.25) is 0 Å². The lowest BCUT2D eigenvalue weighted by molar-refractivity contribution is 0.470. The van der Waals surface area contributed by atoms with E-state index < -0.39 is 10.1 Å². The van der Waals surface area contributed by atoms with Crippen molar-refractivity contribution < 1.29 is 17.3 Å². The Kier molecular flexibility index (Phi) is 6.73. The van der Waals surface area contributed by atoms with Gasteiger partial charge in [0.15, 0.2) is 0 Å². The molecule has 150 valence electrons. The first kappa shape index (κ1) is 20.7. The van der Waals surface area contributed by atoms with Crippen LogP contribution in [0.5, 0.6) is 17.2 Å². The summed E-state index contributed by atoms with van der Waals surface area (Å²) in [7, 11) is -3.62. The molecule has 5 nitrogen and oxygen atoms in total. The Morgan fingerprint density at radius 3 is 2.55 bits per heavy atom. The second kappa shape index (κ2) is 9.44. The Morgan fingerprint density at radius 1 is 0.966 bits per heavy atom. The first-order valence-electron chi connectivity index (χ1n) is 9.59. The molecule has 0 amide bonds. The van der Waals surface area contributed by atoms with Crippen molar-refractivity contribution in [1.82, 2.24) is 0 Å². The van der Waals surface area contributed by atoms with Gasteiger partial charge >= 0.3 is 10.1 Å². The van der Waals surface area contributed by atoms with Crippen LogP contribution < -0.4 is 8.92 Å². The smallest absolute Gasteiger partial charge is 0.309 e. The van der Waals surface area contributed by atoms with Crippen molar-refractivity contribution >= 4 is 20.9 Å². The van der Waals surface area contributed by atoms with Crippen LogP contribution in [-0.2, 0) is 16.7 Å². The summed E-state index contributed by atoms with van der Waals surface area (Å²) >= 11 is 0. The molecule has 0 saturated carbocycles. The van der Waals surface area contributed by atoms with Crippen LogP contribution in [0.25, 0.3) is 15.6 Å². The van der Waals surface area contributed by atoms with Gasteiger partial charge in [0.2, 0.25) is 0 Å². The van der Waals surface area contributed by atoms with Crippen molar-refractivity contribution in [2.75, 3.05) is 5.75 Å². The molecule has 0 aromatic heterocycles. The van der Waals surface area contributed by atoms with Gasteiger partial charge in [0, 0.05) is 17.0 Å². The summed E-state index contributed by atoms with van der Waals surface area (Å²) in [5.41, 5.74) is 1.01. The van der Waals surface area contributed by atoms with E-state index in [0.29, 0.717) is 24.5 Å². The van der Waals surface area contributed by atoms with Crippen molar-refractivity contribution in [2.24, 2.45) is 0 Å². The first-order chi connectivity index (χ1) is 14.0. The average molecular weight is 411 g/mol. The Morgan fingerprint density at radius 2 is 1.76 bits per heavy atom. The van der Waals surface area contributed by atoms with Gasteiger partial charge in [0.25, 0.3) is 13.1 Å². The van der Waals surface area contributed by atoms with Crippen molar-refractivity contribution in [3.05, 3.63) is 71.1 Å². The molecular formula is C23H24NO4S+. The molecule has 0 unspecified atom stereocenters. The van der Waals surface area contributed by atoms with E-state index in [1.54, 1.807) is 24.3 Å². The van der Waals surface area contributed by atoms with Crippen LogP contribution >= 0.6 is 0 Å². The van der Waals surface area contributed by atoms with Crippen LogP contribution in [0.2, 0.25) is 0 Å². The van der Waals surface area contributed by atoms with Gasteiger partial charge in [0.05, 0.1) is 5.75 Å². The lowest BCUT2D eigenvalue weighted by Gasteiger charge is -2.11. The van der Waals surface area contributed by atoms with Crippen LogP contribution in [0.3, 0.4) is 0 Å². The van der Waals surface area contributed by atoms with Gasteiger partial charge in [-0.25, -0.2) is 0 Å². The zero-order valence-corrected chi connectivity index (χ0v) is 17.2. The maximum absolute atomic E-state index is 12.1. The number of unbranched alkanes of at least 4 members (excludes halogenated alkanes) is 2. The molecule has 0 radical (unpaired) electrons. The van der Waals surface area contributed by atoms with Gasteiger partial charge in [-0.1, -0.05) is 54.9 Å². The molecule has 0 aliphatic carbocycles. The van der Waals surface area contributed by atoms with Gasteiger partial charge in [-0.15, -0.1) is 0 Å². The predicted molar refractivity (Wildman–Crippen MR) is 116 cm³/mol. The molecule has 0 N–H and O–H groups in total. The minimum absolute atomic E-state index is 0.00661. The second-order valence-corrected chi connectivity index (χ2v) is 8.47. The number of rotatable bonds is 9. The van der Waals surface area contributed by atoms with Crippen LogP contribution in [0.15, 0.2) is 60.7 Å². The number of hydrogen-bond donors (Lipinski definition) is 0. The largest absolute Gasteiger partial charge is 0.457 e. The third-order valence-electron chi connectivity index (χ3n) is 4.43. The van der Waals surface area contributed by atoms with Crippen molar-refractivity contribution in [2.45, 2.75) is 32.7 Å². The predicted octanol–water partition coefficient (Wildman–Crippen LogP) is 5.99. The summed E-state index contributed by atoms with van der Waals surface area (Å²) in [6.45, 7) is 7.75. The number of fused-ring (bicyclic) bond motifs is 1. The number of ether oxygens (including phenoxy) is 1. The fraction of sp³-hybridized carbons (Fsp3) is 0.261. The Hall–Kier alpha value is -3.04. The highest BCUT2D eigenvalue weighted by Gasteiger charge is 2.13. The highest BCUT2D eigenvalue weighted by Crippen LogP contribution is 2.32. The molecular weight excluding hydrogens is 386 g/mol. The molecule has 3 aromatic rings. The maximum Gasteiger partial charge on any atom is 0.309 e. The van der Waals surface area contributed by atoms with Crippen LogP contribution in [0.4, 0.5) is 0 Å². The van der Waals surface area contributed by atoms with E-state index in [1.165, 1.54) is 0 Å². The van der Waals surface area contributed by atoms with E-state index in [-0.39, 0.29) is 11.5 Å². The van der Waals surface area contributed by atoms with Crippen molar-refractivity contribution in [1.29, 1.82) is 0 Å². The standard InChI is InChI=1S/C23H24NO4S/c1-3-4-5-14-29(25,26)28-21-10-7-9-20(16-21)27-23-11-6-8-19-15-18(17-24-2)12-13-22(19)23/h2,6-13,15-16H,3-5,14,17H2,1H3/q+1. The maximum atomic E-state index is 12.1. The Labute approximate surface area is 171 Å². The second-order valence-electron chi connectivity index (χ2n) is 6.78. The molecule has 3 rings (SSSR count). The quantitative estimate of drug-likeness (QED) is 0.321. The molecule has 0 spiro atoms. The summed E-state index contributed by atoms with van der Waals surface area (Å²) < 4.78 is 35.5. The van der Waals surface area contributed by atoms with E-state index in [1.807, 2.05) is 43.3 Å². The summed E-state index contributed by atoms with van der Waals surface area (Å²) in [5.74, 6) is 1.42. The highest BCUT2D eigenvalue weighted by atomic mass is 32.2. The van der Waals surface area contributed by atoms with Gasteiger partial charge in [-0.2, -0.15) is 8.42 Å². The highest BCUT2D eigenvalue weighted by molar-refractivity contribution is 7.87. The van der Waals surface area contributed by atoms with Crippen molar-refractivity contribution in [3.8, 4) is 23.8 Å². The molecule has 3 aromatic carbocycles. The molecule has 0 bridgehead atoms. The zero-order chi connectivity index (χ0) is 20.7. The fourth-order valence-corrected chi connectivity index (χ4v) is 4.07. The molecule has 0 fully saturated rings. The monoisotopic (exact) mass is 410 g/mol. The first-order valence-corrected chi connectivity index (χ1v) is 11.2. The number of nitrogens with zero attached hydrogens (tertiary/aromatic N) is 1. The Bertz CT molecular complexity index is 1130. The molecule has 0 atom stereocenters. The van der Waals surface area contributed by atoms with Crippen LogP contribution in [0.1, 0.15) is 31.7 Å². The van der Waals surface area contributed by atoms with E-state index in [2.05, 4.69) is 4.85 Å². The molecule has 29 heavy (non-hydrogen) atoms. The van der Waals surface area contributed by atoms with Crippen LogP contribution in [-0.4, -0.2) is 14.2 Å². The molecule has 0 aliphatic rings. The number of hydrogen-bond acceptors (Lipinski definition) is 4. The van der Waals surface area contributed by atoms with Crippen molar-refractivity contribution in [3.63, 3.8) is 0 Å². The average Bonchev–Trinajstić information content (AvgIpc) is 2.68. The van der Waals surface area contributed by atoms with Crippen LogP contribution in [0, 0.1) is 6.57 Å². The molecule has 0 aliphatic heterocycles. The van der Waals surface area contributed by atoms with Gasteiger partial charge in [-0.05, 0) is 36.1 Å². The minimum atomic E-state index is -3.62. The minimum Gasteiger partial charge on any atom is -0.457 e. The lowest BCUT2D eigenvalue weighted by Crippen LogP contribution is -2.13. The molecule has 0 saturated heterocycles. The number of benzene rings is 3. The van der Waals surface area contributed by atoms with E-state index in [9.17, 15) is 8.42 Å². The Balaban J connectivity index is 1.79. The van der Waals surface area contributed by atoms with E-state index in [4.69, 9.17) is 15.5 Å². The summed E-state index contributed by atoms with van der Waals surface area (Å²) in [4.78, 5) is 3.67. The third-order valence-corrected chi connectivity index (χ3v) is 5.67. The van der Waals surface area contributed by atoms with Gasteiger partial charge in [0.1, 0.15) is 17.2 Å².